The fourth-order valence-corrected chi connectivity index (χ4v) is 1.05. The number of methoxy groups -OCH3 is 1. The predicted octanol–water partition coefficient (Wildman–Crippen LogP) is 1.29. The first kappa shape index (κ1) is 5.10. The monoisotopic (exact) mass is 100 g/mol. The minimum atomic E-state index is 0.569. The predicted molar refractivity (Wildman–Crippen MR) is 29.1 cm³/mol. The highest BCUT2D eigenvalue weighted by Gasteiger charge is 2.42. The van der Waals surface area contributed by atoms with Gasteiger partial charge in [-0.25, -0.2) is 0 Å². The summed E-state index contributed by atoms with van der Waals surface area (Å²) >= 11 is 0. The third kappa shape index (κ3) is 0.653. The zero-order valence-electron chi connectivity index (χ0n) is 5.14. The minimum Gasteiger partial charge on any atom is -0.381 e. The highest BCUT2D eigenvalue weighted by atomic mass is 16.5. The summed E-state index contributed by atoms with van der Waals surface area (Å²) in [5.74, 6) is 1.62. The number of ether oxygens (including phenoxy) is 1. The van der Waals surface area contributed by atoms with Crippen molar-refractivity contribution < 1.29 is 4.74 Å². The van der Waals surface area contributed by atoms with Gasteiger partial charge in [0.2, 0.25) is 0 Å². The molecule has 0 bridgehead atoms. The molecule has 0 heterocycles. The Bertz CT molecular complexity index is 62.6. The van der Waals surface area contributed by atoms with Gasteiger partial charge in [0, 0.05) is 7.11 Å². The Morgan fingerprint density at radius 3 is 1.57 bits per heavy atom. The molecule has 1 aliphatic carbocycles. The molecule has 0 aromatic rings. The van der Waals surface area contributed by atoms with Crippen molar-refractivity contribution in [3.05, 3.63) is 0 Å². The first-order valence-corrected chi connectivity index (χ1v) is 2.80. The van der Waals surface area contributed by atoms with E-state index in [9.17, 15) is 0 Å². The molecule has 0 radical (unpaired) electrons. The normalized spacial score (nSPS) is 49.3. The van der Waals surface area contributed by atoms with Crippen LogP contribution in [0.25, 0.3) is 0 Å². The average molecular weight is 100 g/mol. The van der Waals surface area contributed by atoms with Gasteiger partial charge >= 0.3 is 0 Å². The molecule has 1 aliphatic rings. The molecule has 0 saturated heterocycles. The highest BCUT2D eigenvalue weighted by molar-refractivity contribution is 4.91. The van der Waals surface area contributed by atoms with E-state index in [1.165, 1.54) is 0 Å². The van der Waals surface area contributed by atoms with E-state index in [1.54, 1.807) is 7.11 Å². The molecule has 7 heavy (non-hydrogen) atoms. The third-order valence-corrected chi connectivity index (χ3v) is 2.00. The van der Waals surface area contributed by atoms with Crippen LogP contribution in [0.15, 0.2) is 0 Å². The Morgan fingerprint density at radius 1 is 1.14 bits per heavy atom. The number of hydrogen-bond donors (Lipinski definition) is 0. The lowest BCUT2D eigenvalue weighted by Crippen LogP contribution is -1.87. The van der Waals surface area contributed by atoms with Crippen LogP contribution in [0, 0.1) is 11.8 Å². The summed E-state index contributed by atoms with van der Waals surface area (Å²) in [6.07, 6.45) is 0.569. The SMILES string of the molecule is COC1C(C)C1C. The third-order valence-electron chi connectivity index (χ3n) is 2.00. The fraction of sp³-hybridized carbons (Fsp3) is 1.00. The minimum absolute atomic E-state index is 0.569. The van der Waals surface area contributed by atoms with E-state index in [-0.39, 0.29) is 0 Å². The molecule has 42 valence electrons. The second-order valence-electron chi connectivity index (χ2n) is 2.42. The van der Waals surface area contributed by atoms with Crippen LogP contribution in [0.3, 0.4) is 0 Å². The van der Waals surface area contributed by atoms with Gasteiger partial charge < -0.3 is 4.74 Å². The molecule has 0 aliphatic heterocycles. The number of rotatable bonds is 1. The maximum atomic E-state index is 5.09. The van der Waals surface area contributed by atoms with E-state index >= 15 is 0 Å². The van der Waals surface area contributed by atoms with Gasteiger partial charge in [0.15, 0.2) is 0 Å². The summed E-state index contributed by atoms with van der Waals surface area (Å²) in [5.41, 5.74) is 0. The van der Waals surface area contributed by atoms with Crippen LogP contribution >= 0.6 is 0 Å². The van der Waals surface area contributed by atoms with Crippen molar-refractivity contribution in [3.63, 3.8) is 0 Å². The molecule has 2 unspecified atom stereocenters. The van der Waals surface area contributed by atoms with Gasteiger partial charge in [-0.15, -0.1) is 0 Å². The van der Waals surface area contributed by atoms with Gasteiger partial charge in [-0.2, -0.15) is 0 Å². The molecule has 1 fully saturated rings. The molecule has 1 rings (SSSR count). The summed E-state index contributed by atoms with van der Waals surface area (Å²) < 4.78 is 5.09. The largest absolute Gasteiger partial charge is 0.381 e. The molecule has 2 atom stereocenters. The van der Waals surface area contributed by atoms with E-state index in [1.807, 2.05) is 0 Å². The first-order chi connectivity index (χ1) is 3.27. The van der Waals surface area contributed by atoms with Gasteiger partial charge in [-0.1, -0.05) is 13.8 Å². The Kier molecular flexibility index (Phi) is 1.08. The Labute approximate surface area is 44.7 Å². The van der Waals surface area contributed by atoms with Crippen molar-refractivity contribution in [3.8, 4) is 0 Å². The van der Waals surface area contributed by atoms with Crippen LogP contribution in [0.1, 0.15) is 13.8 Å². The lowest BCUT2D eigenvalue weighted by molar-refractivity contribution is 0.163. The van der Waals surface area contributed by atoms with Crippen molar-refractivity contribution in [1.82, 2.24) is 0 Å². The van der Waals surface area contributed by atoms with E-state index in [4.69, 9.17) is 4.74 Å². The summed E-state index contributed by atoms with van der Waals surface area (Å²) in [7, 11) is 1.78. The van der Waals surface area contributed by atoms with Gasteiger partial charge in [0.1, 0.15) is 0 Å². The average Bonchev–Trinajstić information content (AvgIpc) is 2.17. The van der Waals surface area contributed by atoms with Crippen molar-refractivity contribution in [2.24, 2.45) is 11.8 Å². The van der Waals surface area contributed by atoms with Crippen molar-refractivity contribution >= 4 is 0 Å². The second-order valence-corrected chi connectivity index (χ2v) is 2.42. The molecule has 0 amide bonds. The summed E-state index contributed by atoms with van der Waals surface area (Å²) in [6.45, 7) is 4.44. The van der Waals surface area contributed by atoms with Crippen LogP contribution in [0.4, 0.5) is 0 Å². The molecular formula is C6H12O. The molecule has 1 saturated carbocycles. The van der Waals surface area contributed by atoms with Crippen molar-refractivity contribution in [2.75, 3.05) is 7.11 Å². The maximum Gasteiger partial charge on any atom is 0.0629 e. The van der Waals surface area contributed by atoms with Crippen molar-refractivity contribution in [2.45, 2.75) is 20.0 Å². The van der Waals surface area contributed by atoms with Gasteiger partial charge in [0.05, 0.1) is 6.10 Å². The lowest BCUT2D eigenvalue weighted by Gasteiger charge is -1.86. The van der Waals surface area contributed by atoms with Gasteiger partial charge in [-0.3, -0.25) is 0 Å². The zero-order chi connectivity index (χ0) is 5.44. The van der Waals surface area contributed by atoms with Crippen LogP contribution in [0.5, 0.6) is 0 Å². The van der Waals surface area contributed by atoms with Gasteiger partial charge in [-0.05, 0) is 11.8 Å². The molecule has 0 N–H and O–H groups in total. The first-order valence-electron chi connectivity index (χ1n) is 2.80. The fourth-order valence-electron chi connectivity index (χ4n) is 1.05. The molecule has 1 heteroatoms. The number of hydrogen-bond acceptors (Lipinski definition) is 1. The van der Waals surface area contributed by atoms with Crippen molar-refractivity contribution in [1.29, 1.82) is 0 Å². The quantitative estimate of drug-likeness (QED) is 0.482. The van der Waals surface area contributed by atoms with Crippen LogP contribution in [0.2, 0.25) is 0 Å². The van der Waals surface area contributed by atoms with E-state index < -0.39 is 0 Å². The van der Waals surface area contributed by atoms with Gasteiger partial charge in [0.25, 0.3) is 0 Å². The molecule has 0 aromatic carbocycles. The summed E-state index contributed by atoms with van der Waals surface area (Å²) in [6, 6.07) is 0. The zero-order valence-corrected chi connectivity index (χ0v) is 5.14. The molecule has 1 nitrogen and oxygen atoms in total. The van der Waals surface area contributed by atoms with E-state index in [2.05, 4.69) is 13.8 Å². The Balaban J connectivity index is 2.24. The van der Waals surface area contributed by atoms with E-state index in [0.717, 1.165) is 11.8 Å². The van der Waals surface area contributed by atoms with E-state index in [0.29, 0.717) is 6.10 Å². The topological polar surface area (TPSA) is 9.23 Å². The standard InChI is InChI=1S/C6H12O/c1-4-5(2)6(4)7-3/h4-6H,1-3H3. The summed E-state index contributed by atoms with van der Waals surface area (Å²) in [4.78, 5) is 0. The Hall–Kier alpha value is -0.0400. The summed E-state index contributed by atoms with van der Waals surface area (Å²) in [5, 5.41) is 0. The molecule has 0 spiro atoms. The lowest BCUT2D eigenvalue weighted by atomic mass is 10.4. The van der Waals surface area contributed by atoms with Crippen LogP contribution in [-0.2, 0) is 4.74 Å². The highest BCUT2D eigenvalue weighted by Crippen LogP contribution is 2.39. The Morgan fingerprint density at radius 2 is 1.57 bits per heavy atom. The molecular weight excluding hydrogens is 88.1 g/mol. The maximum absolute atomic E-state index is 5.09. The smallest absolute Gasteiger partial charge is 0.0629 e. The van der Waals surface area contributed by atoms with Crippen LogP contribution in [-0.4, -0.2) is 13.2 Å². The molecule has 0 aromatic heterocycles. The second kappa shape index (κ2) is 1.48. The van der Waals surface area contributed by atoms with Crippen LogP contribution < -0.4 is 0 Å².